The van der Waals surface area contributed by atoms with Gasteiger partial charge < -0.3 is 5.32 Å². The molecular formula is C20H20N2O3S2. The summed E-state index contributed by atoms with van der Waals surface area (Å²) in [5.41, 5.74) is 2.97. The van der Waals surface area contributed by atoms with E-state index in [2.05, 4.69) is 10.0 Å². The Hall–Kier alpha value is -2.48. The predicted molar refractivity (Wildman–Crippen MR) is 109 cm³/mol. The van der Waals surface area contributed by atoms with Gasteiger partial charge in [0.25, 0.3) is 5.91 Å². The molecule has 0 spiro atoms. The van der Waals surface area contributed by atoms with Crippen molar-refractivity contribution < 1.29 is 13.2 Å². The number of hydrogen-bond donors (Lipinski definition) is 2. The van der Waals surface area contributed by atoms with Crippen LogP contribution in [0.2, 0.25) is 0 Å². The van der Waals surface area contributed by atoms with Crippen LogP contribution in [0.15, 0.2) is 64.9 Å². The van der Waals surface area contributed by atoms with Crippen LogP contribution in [0, 0.1) is 13.8 Å². The Bertz CT molecular complexity index is 1060. The second kappa shape index (κ2) is 8.04. The number of rotatable bonds is 6. The van der Waals surface area contributed by atoms with Crippen molar-refractivity contribution in [3.8, 4) is 0 Å². The number of benzene rings is 2. The molecule has 0 aliphatic carbocycles. The smallest absolute Gasteiger partial charge is 0.255 e. The lowest BCUT2D eigenvalue weighted by Crippen LogP contribution is -2.23. The molecule has 0 unspecified atom stereocenters. The van der Waals surface area contributed by atoms with Gasteiger partial charge in [0.2, 0.25) is 10.0 Å². The highest BCUT2D eigenvalue weighted by molar-refractivity contribution is 7.89. The maximum Gasteiger partial charge on any atom is 0.255 e. The summed E-state index contributed by atoms with van der Waals surface area (Å²) in [6.45, 7) is 4.07. The molecule has 0 atom stereocenters. The number of carbonyl (C=O) groups is 1. The van der Waals surface area contributed by atoms with Crippen molar-refractivity contribution in [1.82, 2.24) is 4.72 Å². The fourth-order valence-corrected chi connectivity index (χ4v) is 4.32. The highest BCUT2D eigenvalue weighted by Crippen LogP contribution is 2.19. The second-order valence-electron chi connectivity index (χ2n) is 6.20. The third-order valence-electron chi connectivity index (χ3n) is 4.06. The first-order valence-corrected chi connectivity index (χ1v) is 10.7. The highest BCUT2D eigenvalue weighted by atomic mass is 32.2. The van der Waals surface area contributed by atoms with Crippen LogP contribution in [0.3, 0.4) is 0 Å². The molecule has 0 bridgehead atoms. The number of amides is 1. The zero-order valence-corrected chi connectivity index (χ0v) is 16.7. The summed E-state index contributed by atoms with van der Waals surface area (Å²) in [5.74, 6) is -0.348. The first kappa shape index (κ1) is 19.3. The molecule has 3 aromatic rings. The van der Waals surface area contributed by atoms with Gasteiger partial charge in [-0.2, -0.15) is 0 Å². The van der Waals surface area contributed by atoms with Crippen molar-refractivity contribution >= 4 is 33.0 Å². The average molecular weight is 401 g/mol. The fraction of sp³-hybridized carbons (Fsp3) is 0.150. The summed E-state index contributed by atoms with van der Waals surface area (Å²) >= 11 is 1.48. The number of carbonyl (C=O) groups excluding carboxylic acids is 1. The second-order valence-corrected chi connectivity index (χ2v) is 9.00. The van der Waals surface area contributed by atoms with Gasteiger partial charge in [-0.25, -0.2) is 13.1 Å². The minimum Gasteiger partial charge on any atom is -0.322 e. The topological polar surface area (TPSA) is 75.3 Å². The Morgan fingerprint density at radius 1 is 1.04 bits per heavy atom. The molecule has 0 saturated heterocycles. The summed E-state index contributed by atoms with van der Waals surface area (Å²) in [6.07, 6.45) is 0. The minimum atomic E-state index is -3.70. The summed E-state index contributed by atoms with van der Waals surface area (Å²) in [5, 5.41) is 4.74. The third kappa shape index (κ3) is 4.82. The Balaban J connectivity index is 1.78. The van der Waals surface area contributed by atoms with Crippen LogP contribution >= 0.6 is 11.3 Å². The molecule has 27 heavy (non-hydrogen) atoms. The molecule has 0 aliphatic rings. The Morgan fingerprint density at radius 2 is 1.85 bits per heavy atom. The van der Waals surface area contributed by atoms with Gasteiger partial charge >= 0.3 is 0 Å². The lowest BCUT2D eigenvalue weighted by Gasteiger charge is -2.11. The molecule has 2 aromatic carbocycles. The summed E-state index contributed by atoms with van der Waals surface area (Å²) < 4.78 is 27.6. The van der Waals surface area contributed by atoms with Gasteiger partial charge in [-0.3, -0.25) is 4.79 Å². The van der Waals surface area contributed by atoms with Crippen molar-refractivity contribution in [3.63, 3.8) is 0 Å². The largest absolute Gasteiger partial charge is 0.322 e. The van der Waals surface area contributed by atoms with Gasteiger partial charge in [-0.1, -0.05) is 24.3 Å². The lowest BCUT2D eigenvalue weighted by atomic mass is 10.1. The quantitative estimate of drug-likeness (QED) is 0.654. The van der Waals surface area contributed by atoms with Crippen molar-refractivity contribution in [2.75, 3.05) is 5.32 Å². The van der Waals surface area contributed by atoms with Gasteiger partial charge in [0.15, 0.2) is 0 Å². The van der Waals surface area contributed by atoms with E-state index in [9.17, 15) is 13.2 Å². The highest BCUT2D eigenvalue weighted by Gasteiger charge is 2.17. The number of aryl methyl sites for hydroxylation is 2. The zero-order chi connectivity index (χ0) is 19.4. The van der Waals surface area contributed by atoms with Crippen LogP contribution in [-0.2, 0) is 16.6 Å². The van der Waals surface area contributed by atoms with E-state index in [0.717, 1.165) is 16.0 Å². The van der Waals surface area contributed by atoms with Crippen LogP contribution in [-0.4, -0.2) is 14.3 Å². The lowest BCUT2D eigenvalue weighted by molar-refractivity contribution is 0.102. The van der Waals surface area contributed by atoms with E-state index < -0.39 is 10.0 Å². The number of hydrogen-bond acceptors (Lipinski definition) is 4. The maximum atomic E-state index is 12.6. The molecular weight excluding hydrogens is 380 g/mol. The van der Waals surface area contributed by atoms with Crippen LogP contribution in [0.25, 0.3) is 0 Å². The third-order valence-corrected chi connectivity index (χ3v) is 6.34. The van der Waals surface area contributed by atoms with Gasteiger partial charge in [-0.05, 0) is 60.7 Å². The fourth-order valence-electron chi connectivity index (χ4n) is 2.53. The minimum absolute atomic E-state index is 0.0627. The molecule has 5 nitrogen and oxygen atoms in total. The van der Waals surface area contributed by atoms with E-state index in [1.54, 1.807) is 12.1 Å². The summed E-state index contributed by atoms with van der Waals surface area (Å²) in [4.78, 5) is 13.6. The summed E-state index contributed by atoms with van der Waals surface area (Å²) in [7, 11) is -3.70. The van der Waals surface area contributed by atoms with Gasteiger partial charge in [0.1, 0.15) is 0 Å². The molecule has 1 aromatic heterocycles. The van der Waals surface area contributed by atoms with Crippen molar-refractivity contribution in [2.24, 2.45) is 0 Å². The van der Waals surface area contributed by atoms with E-state index in [1.165, 1.54) is 23.5 Å². The van der Waals surface area contributed by atoms with Gasteiger partial charge in [-0.15, -0.1) is 11.3 Å². The molecule has 1 amide bonds. The molecule has 1 heterocycles. The predicted octanol–water partition coefficient (Wildman–Crippen LogP) is 4.10. The molecule has 0 fully saturated rings. The SMILES string of the molecule is Cc1ccc(C)c(NC(=O)c2cccc(S(=O)(=O)NCc3cccs3)c2)c1. The van der Waals surface area contributed by atoms with Crippen molar-refractivity contribution in [3.05, 3.63) is 81.5 Å². The average Bonchev–Trinajstić information content (AvgIpc) is 3.17. The van der Waals surface area contributed by atoms with Gasteiger partial charge in [0.05, 0.1) is 4.90 Å². The van der Waals surface area contributed by atoms with E-state index >= 15 is 0 Å². The van der Waals surface area contributed by atoms with Crippen molar-refractivity contribution in [1.29, 1.82) is 0 Å². The molecule has 2 N–H and O–H groups in total. The number of thiophene rings is 1. The van der Waals surface area contributed by atoms with Crippen LogP contribution in [0.1, 0.15) is 26.4 Å². The number of sulfonamides is 1. The maximum absolute atomic E-state index is 12.6. The Kier molecular flexibility index (Phi) is 5.74. The zero-order valence-electron chi connectivity index (χ0n) is 15.0. The molecule has 3 rings (SSSR count). The van der Waals surface area contributed by atoms with Crippen LogP contribution in [0.4, 0.5) is 5.69 Å². The standard InChI is InChI=1S/C20H20N2O3S2/c1-14-8-9-15(2)19(11-14)22-20(23)16-5-3-7-18(12-16)27(24,25)21-13-17-6-4-10-26-17/h3-12,21H,13H2,1-2H3,(H,22,23). The normalized spacial score (nSPS) is 11.3. The van der Waals surface area contributed by atoms with Crippen LogP contribution < -0.4 is 10.0 Å². The molecule has 0 saturated carbocycles. The first-order valence-electron chi connectivity index (χ1n) is 8.36. The van der Waals surface area contributed by atoms with Gasteiger partial charge in [0, 0.05) is 22.7 Å². The van der Waals surface area contributed by atoms with E-state index in [-0.39, 0.29) is 22.9 Å². The van der Waals surface area contributed by atoms with Crippen molar-refractivity contribution in [2.45, 2.75) is 25.3 Å². The molecule has 0 aliphatic heterocycles. The van der Waals surface area contributed by atoms with Crippen LogP contribution in [0.5, 0.6) is 0 Å². The molecule has 0 radical (unpaired) electrons. The molecule has 140 valence electrons. The summed E-state index contributed by atoms with van der Waals surface area (Å²) in [6, 6.07) is 15.5. The Labute approximate surface area is 163 Å². The number of anilines is 1. The van der Waals surface area contributed by atoms with E-state index in [4.69, 9.17) is 0 Å². The Morgan fingerprint density at radius 3 is 2.59 bits per heavy atom. The molecule has 7 heteroatoms. The van der Waals surface area contributed by atoms with E-state index in [1.807, 2.05) is 49.6 Å². The number of nitrogens with one attached hydrogen (secondary N) is 2. The first-order chi connectivity index (χ1) is 12.8. The van der Waals surface area contributed by atoms with E-state index in [0.29, 0.717) is 5.69 Å². The monoisotopic (exact) mass is 400 g/mol.